The maximum atomic E-state index is 10.7. The predicted octanol–water partition coefficient (Wildman–Crippen LogP) is -0.0342. The third-order valence-electron chi connectivity index (χ3n) is 5.05. The lowest BCUT2D eigenvalue weighted by Crippen LogP contribution is -3.27. The average Bonchev–Trinajstić information content (AvgIpc) is 2.70. The zero-order chi connectivity index (χ0) is 19.1. The quantitative estimate of drug-likeness (QED) is 0.504. The molecule has 0 saturated carbocycles. The molecule has 0 spiro atoms. The lowest BCUT2D eigenvalue weighted by Gasteiger charge is -2.29. The van der Waals surface area contributed by atoms with Gasteiger partial charge in [-0.1, -0.05) is 0 Å². The Hall–Kier alpha value is -2.64. The molecule has 1 saturated heterocycles. The van der Waals surface area contributed by atoms with Gasteiger partial charge in [-0.25, -0.2) is 0 Å². The van der Waals surface area contributed by atoms with Gasteiger partial charge in [-0.15, -0.1) is 0 Å². The summed E-state index contributed by atoms with van der Waals surface area (Å²) in [5.74, 6) is 1.71. The number of nitrogens with zero attached hydrogens (tertiary/aromatic N) is 1. The van der Waals surface area contributed by atoms with Crippen molar-refractivity contribution < 1.29 is 24.2 Å². The van der Waals surface area contributed by atoms with E-state index >= 15 is 0 Å². The number of nitrogens with one attached hydrogen (secondary N) is 2. The number of non-ortho nitro benzene ring substituents is 1. The predicted molar refractivity (Wildman–Crippen MR) is 102 cm³/mol. The molecule has 1 aliphatic rings. The fourth-order valence-electron chi connectivity index (χ4n) is 3.39. The van der Waals surface area contributed by atoms with E-state index in [1.54, 1.807) is 24.1 Å². The molecular weight excluding hydrogens is 346 g/mol. The molecule has 0 amide bonds. The minimum atomic E-state index is -0.354. The van der Waals surface area contributed by atoms with Crippen molar-refractivity contribution >= 4 is 5.69 Å². The summed E-state index contributed by atoms with van der Waals surface area (Å²) in [6.45, 7) is 7.08. The van der Waals surface area contributed by atoms with Crippen LogP contribution in [0.15, 0.2) is 48.5 Å². The van der Waals surface area contributed by atoms with Crippen molar-refractivity contribution in [2.75, 3.05) is 46.4 Å². The summed E-state index contributed by atoms with van der Waals surface area (Å²) in [6, 6.07) is 14.6. The highest BCUT2D eigenvalue weighted by Gasteiger charge is 2.23. The Morgan fingerprint density at radius 2 is 1.52 bits per heavy atom. The fraction of sp³-hybridized carbons (Fsp3) is 0.400. The van der Waals surface area contributed by atoms with E-state index in [1.165, 1.54) is 4.90 Å². The van der Waals surface area contributed by atoms with Crippen molar-refractivity contribution in [3.05, 3.63) is 64.2 Å². The van der Waals surface area contributed by atoms with Crippen molar-refractivity contribution in [3.8, 4) is 11.5 Å². The minimum absolute atomic E-state index is 0.153. The number of hydrogen-bond donors (Lipinski definition) is 2. The number of ether oxygens (including phenoxy) is 2. The van der Waals surface area contributed by atoms with E-state index in [0.717, 1.165) is 56.3 Å². The molecule has 0 aromatic heterocycles. The lowest BCUT2D eigenvalue weighted by atomic mass is 10.2. The molecule has 1 heterocycles. The van der Waals surface area contributed by atoms with E-state index in [1.807, 2.05) is 36.4 Å². The van der Waals surface area contributed by atoms with Crippen LogP contribution in [-0.2, 0) is 6.54 Å². The van der Waals surface area contributed by atoms with Crippen LogP contribution in [0.1, 0.15) is 5.56 Å². The van der Waals surface area contributed by atoms with Crippen LogP contribution in [0.3, 0.4) is 0 Å². The summed E-state index contributed by atoms with van der Waals surface area (Å²) in [4.78, 5) is 13.5. The molecule has 7 nitrogen and oxygen atoms in total. The Morgan fingerprint density at radius 1 is 0.926 bits per heavy atom. The number of nitro groups is 1. The van der Waals surface area contributed by atoms with E-state index in [4.69, 9.17) is 9.47 Å². The molecule has 0 radical (unpaired) electrons. The zero-order valence-corrected chi connectivity index (χ0v) is 15.6. The molecule has 1 aliphatic heterocycles. The largest absolute Gasteiger partial charge is 0.497 e. The number of quaternary nitrogens is 2. The molecule has 1 fully saturated rings. The maximum Gasteiger partial charge on any atom is 0.269 e. The second-order valence-electron chi connectivity index (χ2n) is 6.87. The number of benzene rings is 2. The Balaban J connectivity index is 1.36. The van der Waals surface area contributed by atoms with Gasteiger partial charge < -0.3 is 19.3 Å². The van der Waals surface area contributed by atoms with Gasteiger partial charge in [0.25, 0.3) is 5.69 Å². The van der Waals surface area contributed by atoms with Gasteiger partial charge in [-0.2, -0.15) is 0 Å². The molecular formula is C20H27N3O4+2. The van der Waals surface area contributed by atoms with Gasteiger partial charge in [0.05, 0.1) is 12.0 Å². The summed E-state index contributed by atoms with van der Waals surface area (Å²) in [6.07, 6.45) is 0. The second-order valence-corrected chi connectivity index (χ2v) is 6.87. The van der Waals surface area contributed by atoms with Gasteiger partial charge >= 0.3 is 0 Å². The molecule has 0 unspecified atom stereocenters. The number of rotatable bonds is 8. The standard InChI is InChI=1S/C20H25N3O4/c1-26-19-6-8-20(9-7-19)27-15-14-21-10-12-22(13-11-21)16-17-2-4-18(5-3-17)23(24)25/h2-9H,10-16H2,1H3/p+2. The summed E-state index contributed by atoms with van der Waals surface area (Å²) in [5.41, 5.74) is 1.31. The number of methoxy groups -OCH3 is 1. The van der Waals surface area contributed by atoms with Gasteiger partial charge in [0.1, 0.15) is 57.4 Å². The van der Waals surface area contributed by atoms with E-state index in [2.05, 4.69) is 0 Å². The van der Waals surface area contributed by atoms with Crippen LogP contribution in [0.25, 0.3) is 0 Å². The van der Waals surface area contributed by atoms with Crippen molar-refractivity contribution in [3.63, 3.8) is 0 Å². The molecule has 7 heteroatoms. The third-order valence-corrected chi connectivity index (χ3v) is 5.05. The van der Waals surface area contributed by atoms with Gasteiger partial charge in [-0.05, 0) is 36.4 Å². The highest BCUT2D eigenvalue weighted by molar-refractivity contribution is 5.32. The lowest BCUT2D eigenvalue weighted by molar-refractivity contribution is -1.02. The molecule has 27 heavy (non-hydrogen) atoms. The van der Waals surface area contributed by atoms with E-state index < -0.39 is 0 Å². The summed E-state index contributed by atoms with van der Waals surface area (Å²) in [5, 5.41) is 10.7. The third kappa shape index (κ3) is 5.67. The number of hydrogen-bond acceptors (Lipinski definition) is 4. The molecule has 2 aromatic rings. The van der Waals surface area contributed by atoms with Crippen molar-refractivity contribution in [2.45, 2.75) is 6.54 Å². The highest BCUT2D eigenvalue weighted by Crippen LogP contribution is 2.16. The summed E-state index contributed by atoms with van der Waals surface area (Å²) >= 11 is 0. The summed E-state index contributed by atoms with van der Waals surface area (Å²) in [7, 11) is 1.66. The first-order valence-electron chi connectivity index (χ1n) is 9.31. The Morgan fingerprint density at radius 3 is 2.11 bits per heavy atom. The van der Waals surface area contributed by atoms with Crippen LogP contribution in [-0.4, -0.2) is 51.4 Å². The Bertz CT molecular complexity index is 726. The topological polar surface area (TPSA) is 70.5 Å². The molecule has 2 aromatic carbocycles. The molecule has 0 atom stereocenters. The van der Waals surface area contributed by atoms with E-state index in [-0.39, 0.29) is 10.6 Å². The average molecular weight is 373 g/mol. The number of piperazine rings is 1. The summed E-state index contributed by atoms with van der Waals surface area (Å²) < 4.78 is 11.0. The van der Waals surface area contributed by atoms with Gasteiger partial charge in [0, 0.05) is 17.7 Å². The van der Waals surface area contributed by atoms with Crippen LogP contribution in [0, 0.1) is 10.1 Å². The highest BCUT2D eigenvalue weighted by atomic mass is 16.6. The van der Waals surface area contributed by atoms with Crippen LogP contribution in [0.2, 0.25) is 0 Å². The first-order valence-corrected chi connectivity index (χ1v) is 9.31. The molecule has 3 rings (SSSR count). The van der Waals surface area contributed by atoms with Gasteiger partial charge in [0.2, 0.25) is 0 Å². The zero-order valence-electron chi connectivity index (χ0n) is 15.6. The van der Waals surface area contributed by atoms with Crippen molar-refractivity contribution in [1.29, 1.82) is 0 Å². The normalized spacial score (nSPS) is 19.4. The van der Waals surface area contributed by atoms with Crippen molar-refractivity contribution in [1.82, 2.24) is 0 Å². The first kappa shape index (κ1) is 19.1. The smallest absolute Gasteiger partial charge is 0.269 e. The molecule has 144 valence electrons. The van der Waals surface area contributed by atoms with E-state index in [0.29, 0.717) is 6.61 Å². The first-order chi connectivity index (χ1) is 13.1. The molecule has 2 N–H and O–H groups in total. The van der Waals surface area contributed by atoms with Gasteiger partial charge in [-0.3, -0.25) is 10.1 Å². The molecule has 0 bridgehead atoms. The Labute approximate surface area is 159 Å². The maximum absolute atomic E-state index is 10.7. The second kappa shape index (κ2) is 9.34. The van der Waals surface area contributed by atoms with Crippen LogP contribution >= 0.6 is 0 Å². The molecule has 0 aliphatic carbocycles. The number of nitro benzene ring substituents is 1. The van der Waals surface area contributed by atoms with Crippen molar-refractivity contribution in [2.24, 2.45) is 0 Å². The SMILES string of the molecule is COc1ccc(OCC[NH+]2CC[NH+](Cc3ccc([N+](=O)[O-])cc3)CC2)cc1. The van der Waals surface area contributed by atoms with Crippen LogP contribution in [0.4, 0.5) is 5.69 Å². The van der Waals surface area contributed by atoms with Gasteiger partial charge in [0.15, 0.2) is 0 Å². The van der Waals surface area contributed by atoms with Crippen LogP contribution in [0.5, 0.6) is 11.5 Å². The minimum Gasteiger partial charge on any atom is -0.497 e. The van der Waals surface area contributed by atoms with Crippen LogP contribution < -0.4 is 19.3 Å². The van der Waals surface area contributed by atoms with E-state index in [9.17, 15) is 10.1 Å². The fourth-order valence-corrected chi connectivity index (χ4v) is 3.39. The Kier molecular flexibility index (Phi) is 6.62. The monoisotopic (exact) mass is 373 g/mol.